The van der Waals surface area contributed by atoms with E-state index in [9.17, 15) is 0 Å². The number of hydrogen-bond donors (Lipinski definition) is 1. The molecule has 2 rings (SSSR count). The second-order valence-corrected chi connectivity index (χ2v) is 5.63. The number of benzene rings is 1. The monoisotopic (exact) mass is 279 g/mol. The Bertz CT molecular complexity index is 407. The Kier molecular flexibility index (Phi) is 5.12. The van der Waals surface area contributed by atoms with Gasteiger partial charge in [0.2, 0.25) is 0 Å². The van der Waals surface area contributed by atoms with Crippen molar-refractivity contribution in [1.29, 1.82) is 0 Å². The first-order chi connectivity index (χ1) is 9.62. The number of methoxy groups -OCH3 is 2. The zero-order valence-electron chi connectivity index (χ0n) is 12.8. The molecule has 0 saturated heterocycles. The third-order valence-electron chi connectivity index (χ3n) is 3.54. The molecule has 1 unspecified atom stereocenters. The Labute approximate surface area is 121 Å². The number of ether oxygens (including phenoxy) is 3. The minimum Gasteiger partial charge on any atom is -0.496 e. The summed E-state index contributed by atoms with van der Waals surface area (Å²) in [6.45, 7) is 5.23. The molecule has 1 aliphatic rings. The van der Waals surface area contributed by atoms with Crippen LogP contribution in [0.5, 0.6) is 17.2 Å². The van der Waals surface area contributed by atoms with Crippen molar-refractivity contribution in [2.45, 2.75) is 38.8 Å². The smallest absolute Gasteiger partial charge is 0.127 e. The highest BCUT2D eigenvalue weighted by Gasteiger charge is 2.24. The van der Waals surface area contributed by atoms with Crippen LogP contribution in [0.1, 0.15) is 26.7 Å². The van der Waals surface area contributed by atoms with Crippen LogP contribution >= 0.6 is 0 Å². The van der Waals surface area contributed by atoms with E-state index in [1.54, 1.807) is 14.2 Å². The van der Waals surface area contributed by atoms with Gasteiger partial charge in [-0.3, -0.25) is 0 Å². The summed E-state index contributed by atoms with van der Waals surface area (Å²) in [6, 6.07) is 6.34. The molecular weight excluding hydrogens is 254 g/mol. The Balaban J connectivity index is 2.03. The molecule has 0 aliphatic heterocycles. The zero-order valence-corrected chi connectivity index (χ0v) is 12.8. The lowest BCUT2D eigenvalue weighted by molar-refractivity contribution is 0.147. The highest BCUT2D eigenvalue weighted by atomic mass is 16.5. The van der Waals surface area contributed by atoms with Gasteiger partial charge in [-0.25, -0.2) is 0 Å². The zero-order chi connectivity index (χ0) is 14.5. The number of rotatable bonds is 8. The van der Waals surface area contributed by atoms with Crippen molar-refractivity contribution in [2.75, 3.05) is 20.8 Å². The van der Waals surface area contributed by atoms with Crippen LogP contribution in [-0.4, -0.2) is 32.9 Å². The predicted octanol–water partition coefficient (Wildman–Crippen LogP) is 2.86. The van der Waals surface area contributed by atoms with Crippen molar-refractivity contribution in [3.63, 3.8) is 0 Å². The molecule has 0 spiro atoms. The van der Waals surface area contributed by atoms with Crippen LogP contribution < -0.4 is 19.5 Å². The second kappa shape index (κ2) is 6.84. The first-order valence-corrected chi connectivity index (χ1v) is 7.25. The average Bonchev–Trinajstić information content (AvgIpc) is 3.26. The highest BCUT2D eigenvalue weighted by molar-refractivity contribution is 5.42. The van der Waals surface area contributed by atoms with Crippen LogP contribution in [0, 0.1) is 5.92 Å². The van der Waals surface area contributed by atoms with E-state index in [-0.39, 0.29) is 6.10 Å². The van der Waals surface area contributed by atoms with Gasteiger partial charge < -0.3 is 19.5 Å². The molecule has 20 heavy (non-hydrogen) atoms. The molecule has 1 saturated carbocycles. The van der Waals surface area contributed by atoms with E-state index in [1.165, 1.54) is 12.8 Å². The summed E-state index contributed by atoms with van der Waals surface area (Å²) < 4.78 is 16.7. The maximum absolute atomic E-state index is 6.12. The first kappa shape index (κ1) is 15.0. The minimum atomic E-state index is 0.146. The van der Waals surface area contributed by atoms with E-state index < -0.39 is 0 Å². The van der Waals surface area contributed by atoms with E-state index in [0.717, 1.165) is 23.8 Å². The lowest BCUT2D eigenvalue weighted by atomic mass is 10.1. The number of hydrogen-bond acceptors (Lipinski definition) is 4. The van der Waals surface area contributed by atoms with Gasteiger partial charge in [-0.1, -0.05) is 13.8 Å². The van der Waals surface area contributed by atoms with Gasteiger partial charge >= 0.3 is 0 Å². The molecule has 0 heterocycles. The van der Waals surface area contributed by atoms with Crippen LogP contribution in [0.3, 0.4) is 0 Å². The van der Waals surface area contributed by atoms with Crippen LogP contribution in [0.15, 0.2) is 18.2 Å². The molecule has 4 nitrogen and oxygen atoms in total. The maximum Gasteiger partial charge on any atom is 0.127 e. The van der Waals surface area contributed by atoms with E-state index >= 15 is 0 Å². The molecule has 0 bridgehead atoms. The van der Waals surface area contributed by atoms with Crippen LogP contribution in [-0.2, 0) is 0 Å². The van der Waals surface area contributed by atoms with E-state index in [2.05, 4.69) is 19.2 Å². The summed E-state index contributed by atoms with van der Waals surface area (Å²) in [5.74, 6) is 2.73. The van der Waals surface area contributed by atoms with E-state index in [0.29, 0.717) is 12.0 Å². The van der Waals surface area contributed by atoms with E-state index in [4.69, 9.17) is 14.2 Å². The van der Waals surface area contributed by atoms with Crippen molar-refractivity contribution >= 4 is 0 Å². The SMILES string of the molecule is COc1cc(OC)cc(OC(CNC2CC2)C(C)C)c1. The van der Waals surface area contributed by atoms with Crippen LogP contribution in [0.2, 0.25) is 0 Å². The standard InChI is InChI=1S/C16H25NO3/c1-11(2)16(10-17-12-5-6-12)20-15-8-13(18-3)7-14(9-15)19-4/h7-9,11-12,16-17H,5-6,10H2,1-4H3. The maximum atomic E-state index is 6.12. The first-order valence-electron chi connectivity index (χ1n) is 7.25. The molecule has 1 fully saturated rings. The third-order valence-corrected chi connectivity index (χ3v) is 3.54. The Morgan fingerprint density at radius 1 is 1.05 bits per heavy atom. The molecule has 4 heteroatoms. The lowest BCUT2D eigenvalue weighted by Gasteiger charge is -2.23. The quantitative estimate of drug-likeness (QED) is 0.794. The summed E-state index contributed by atoms with van der Waals surface area (Å²) in [5.41, 5.74) is 0. The van der Waals surface area contributed by atoms with Gasteiger partial charge in [-0.2, -0.15) is 0 Å². The number of nitrogens with one attached hydrogen (secondary N) is 1. The average molecular weight is 279 g/mol. The molecule has 1 aromatic carbocycles. The van der Waals surface area contributed by atoms with Gasteiger partial charge in [-0.05, 0) is 18.8 Å². The van der Waals surface area contributed by atoms with Gasteiger partial charge in [-0.15, -0.1) is 0 Å². The molecule has 0 radical (unpaired) electrons. The summed E-state index contributed by atoms with van der Waals surface area (Å²) in [7, 11) is 3.29. The molecule has 1 aromatic rings. The third kappa shape index (κ3) is 4.30. The summed E-state index contributed by atoms with van der Waals surface area (Å²) in [5, 5.41) is 3.53. The van der Waals surface area contributed by atoms with Gasteiger partial charge in [0.25, 0.3) is 0 Å². The van der Waals surface area contributed by atoms with Crippen molar-refractivity contribution in [3.8, 4) is 17.2 Å². The highest BCUT2D eigenvalue weighted by Crippen LogP contribution is 2.29. The fourth-order valence-corrected chi connectivity index (χ4v) is 2.01. The van der Waals surface area contributed by atoms with Crippen molar-refractivity contribution in [3.05, 3.63) is 18.2 Å². The molecule has 1 atom stereocenters. The van der Waals surface area contributed by atoms with Crippen molar-refractivity contribution < 1.29 is 14.2 Å². The molecular formula is C16H25NO3. The molecule has 0 amide bonds. The fourth-order valence-electron chi connectivity index (χ4n) is 2.01. The molecule has 1 aliphatic carbocycles. The predicted molar refractivity (Wildman–Crippen MR) is 79.8 cm³/mol. The van der Waals surface area contributed by atoms with Gasteiger partial charge in [0, 0.05) is 30.8 Å². The minimum absolute atomic E-state index is 0.146. The van der Waals surface area contributed by atoms with Crippen molar-refractivity contribution in [2.24, 2.45) is 5.92 Å². The lowest BCUT2D eigenvalue weighted by Crippen LogP contribution is -2.36. The topological polar surface area (TPSA) is 39.7 Å². The molecule has 112 valence electrons. The molecule has 0 aromatic heterocycles. The summed E-state index contributed by atoms with van der Waals surface area (Å²) in [4.78, 5) is 0. The second-order valence-electron chi connectivity index (χ2n) is 5.63. The van der Waals surface area contributed by atoms with Crippen LogP contribution in [0.4, 0.5) is 0 Å². The van der Waals surface area contributed by atoms with Crippen LogP contribution in [0.25, 0.3) is 0 Å². The molecule has 1 N–H and O–H groups in total. The van der Waals surface area contributed by atoms with Gasteiger partial charge in [0.1, 0.15) is 23.4 Å². The van der Waals surface area contributed by atoms with E-state index in [1.807, 2.05) is 18.2 Å². The fraction of sp³-hybridized carbons (Fsp3) is 0.625. The Morgan fingerprint density at radius 3 is 2.05 bits per heavy atom. The Hall–Kier alpha value is -1.42. The largest absolute Gasteiger partial charge is 0.496 e. The normalized spacial score (nSPS) is 16.1. The summed E-state index contributed by atoms with van der Waals surface area (Å²) >= 11 is 0. The van der Waals surface area contributed by atoms with Gasteiger partial charge in [0.15, 0.2) is 0 Å². The summed E-state index contributed by atoms with van der Waals surface area (Å²) in [6.07, 6.45) is 2.72. The Morgan fingerprint density at radius 2 is 1.60 bits per heavy atom. The van der Waals surface area contributed by atoms with Crippen molar-refractivity contribution in [1.82, 2.24) is 5.32 Å². The van der Waals surface area contributed by atoms with Gasteiger partial charge in [0.05, 0.1) is 14.2 Å².